The molecule has 0 aliphatic heterocycles. The van der Waals surface area contributed by atoms with Crippen LogP contribution in [0.1, 0.15) is 20.3 Å². The van der Waals surface area contributed by atoms with Crippen molar-refractivity contribution in [2.45, 2.75) is 26.2 Å². The minimum atomic E-state index is -0.866. The number of hydrogen-bond donors (Lipinski definition) is 0. The zero-order valence-electron chi connectivity index (χ0n) is 5.32. The van der Waals surface area contributed by atoms with Crippen molar-refractivity contribution in [3.05, 3.63) is 11.6 Å². The fraction of sp³-hybridized carbons (Fsp3) is 0.667. The van der Waals surface area contributed by atoms with Gasteiger partial charge in [-0.3, -0.25) is 0 Å². The van der Waals surface area contributed by atoms with E-state index in [1.807, 2.05) is 13.8 Å². The Morgan fingerprint density at radius 3 is 2.50 bits per heavy atom. The van der Waals surface area contributed by atoms with Gasteiger partial charge in [-0.1, -0.05) is 21.7 Å². The summed E-state index contributed by atoms with van der Waals surface area (Å²) < 4.78 is 12.0. The molecule has 0 aromatic rings. The van der Waals surface area contributed by atoms with E-state index in [4.69, 9.17) is 0 Å². The molecule has 0 saturated heterocycles. The van der Waals surface area contributed by atoms with Gasteiger partial charge in [-0.05, 0) is 19.4 Å². The fourth-order valence-corrected chi connectivity index (χ4v) is 0.718. The van der Waals surface area contributed by atoms with Crippen molar-refractivity contribution in [3.63, 3.8) is 0 Å². The van der Waals surface area contributed by atoms with E-state index in [-0.39, 0.29) is 0 Å². The quantitative estimate of drug-likeness (QED) is 0.402. The van der Waals surface area contributed by atoms with E-state index < -0.39 is 5.91 Å². The number of alkyl halides is 1. The van der Waals surface area contributed by atoms with Crippen molar-refractivity contribution < 1.29 is 4.39 Å². The molecule has 0 N–H and O–H groups in total. The lowest BCUT2D eigenvalue weighted by atomic mass is 10.2. The van der Waals surface area contributed by atoms with E-state index in [0.717, 1.165) is 12.0 Å². The summed E-state index contributed by atoms with van der Waals surface area (Å²) in [4.78, 5) is 0. The Bertz CT molecular complexity index is 86.5. The lowest BCUT2D eigenvalue weighted by molar-refractivity contribution is 0.517. The smallest absolute Gasteiger partial charge is 0.131 e. The molecule has 0 nitrogen and oxygen atoms in total. The van der Waals surface area contributed by atoms with E-state index in [2.05, 4.69) is 9.24 Å². The number of hydrogen-bond acceptors (Lipinski definition) is 0. The molecule has 48 valence electrons. The topological polar surface area (TPSA) is 0 Å². The summed E-state index contributed by atoms with van der Waals surface area (Å²) in [6.07, 6.45) is 2.54. The minimum absolute atomic E-state index is 0.866. The lowest BCUT2D eigenvalue weighted by Crippen LogP contribution is -1.80. The molecular formula is C6H12FP. The predicted molar refractivity (Wildman–Crippen MR) is 38.7 cm³/mol. The Balaban J connectivity index is 3.56. The van der Waals surface area contributed by atoms with Crippen LogP contribution in [0.15, 0.2) is 11.6 Å². The van der Waals surface area contributed by atoms with Gasteiger partial charge in [0.2, 0.25) is 0 Å². The molecule has 0 spiro atoms. The molecule has 0 radical (unpaired) electrons. The van der Waals surface area contributed by atoms with Gasteiger partial charge in [-0.25, -0.2) is 4.39 Å². The van der Waals surface area contributed by atoms with Gasteiger partial charge in [-0.2, -0.15) is 0 Å². The highest BCUT2D eigenvalue weighted by Crippen LogP contribution is 2.07. The zero-order valence-corrected chi connectivity index (χ0v) is 6.47. The Labute approximate surface area is 52.4 Å². The second-order valence-electron chi connectivity index (χ2n) is 1.81. The van der Waals surface area contributed by atoms with Gasteiger partial charge >= 0.3 is 0 Å². The molecule has 0 saturated carbocycles. The predicted octanol–water partition coefficient (Wildman–Crippen LogP) is 2.51. The molecule has 2 unspecified atom stereocenters. The third kappa shape index (κ3) is 4.26. The first-order valence-corrected chi connectivity index (χ1v) is 3.40. The molecular weight excluding hydrogens is 122 g/mol. The van der Waals surface area contributed by atoms with Crippen LogP contribution >= 0.6 is 9.24 Å². The molecule has 0 aliphatic carbocycles. The van der Waals surface area contributed by atoms with Gasteiger partial charge in [0, 0.05) is 0 Å². The molecule has 0 bridgehead atoms. The van der Waals surface area contributed by atoms with Crippen LogP contribution in [0.5, 0.6) is 0 Å². The van der Waals surface area contributed by atoms with Crippen LogP contribution in [-0.4, -0.2) is 5.91 Å². The summed E-state index contributed by atoms with van der Waals surface area (Å²) in [6.45, 7) is 3.94. The second kappa shape index (κ2) is 4.03. The molecule has 0 aromatic carbocycles. The first-order valence-electron chi connectivity index (χ1n) is 2.73. The summed E-state index contributed by atoms with van der Waals surface area (Å²) in [5, 5.41) is 0. The second-order valence-corrected chi connectivity index (χ2v) is 2.45. The standard InChI is InChI=1S/C6H12FP/c1-3-5(2)4-6(7)8/h4,6H,3,8H2,1-2H3/b5-4-. The first-order chi connectivity index (χ1) is 3.66. The maximum Gasteiger partial charge on any atom is 0.131 e. The summed E-state index contributed by atoms with van der Waals surface area (Å²) in [5.41, 5.74) is 1.10. The fourth-order valence-electron chi connectivity index (χ4n) is 0.390. The van der Waals surface area contributed by atoms with Crippen LogP contribution in [0.4, 0.5) is 4.39 Å². The first kappa shape index (κ1) is 8.10. The van der Waals surface area contributed by atoms with Crippen LogP contribution in [0, 0.1) is 0 Å². The van der Waals surface area contributed by atoms with Gasteiger partial charge in [-0.15, -0.1) is 0 Å². The molecule has 0 heterocycles. The Morgan fingerprint density at radius 1 is 1.88 bits per heavy atom. The van der Waals surface area contributed by atoms with E-state index >= 15 is 0 Å². The third-order valence-corrected chi connectivity index (χ3v) is 1.19. The van der Waals surface area contributed by atoms with E-state index in [1.165, 1.54) is 0 Å². The van der Waals surface area contributed by atoms with Crippen LogP contribution < -0.4 is 0 Å². The van der Waals surface area contributed by atoms with Crippen molar-refractivity contribution in [1.29, 1.82) is 0 Å². The highest BCUT2D eigenvalue weighted by molar-refractivity contribution is 7.17. The van der Waals surface area contributed by atoms with E-state index in [9.17, 15) is 4.39 Å². The largest absolute Gasteiger partial charge is 0.239 e. The van der Waals surface area contributed by atoms with Crippen LogP contribution in [0.2, 0.25) is 0 Å². The molecule has 0 aromatic heterocycles. The van der Waals surface area contributed by atoms with E-state index in [0.29, 0.717) is 0 Å². The molecule has 0 rings (SSSR count). The van der Waals surface area contributed by atoms with Gasteiger partial charge in [0.05, 0.1) is 0 Å². The SMILES string of the molecule is CC/C(C)=C\C(F)P. The average molecular weight is 134 g/mol. The zero-order chi connectivity index (χ0) is 6.57. The van der Waals surface area contributed by atoms with E-state index in [1.54, 1.807) is 6.08 Å². The van der Waals surface area contributed by atoms with Crippen LogP contribution in [-0.2, 0) is 0 Å². The minimum Gasteiger partial charge on any atom is -0.239 e. The molecule has 2 heteroatoms. The van der Waals surface area contributed by atoms with Crippen LogP contribution in [0.25, 0.3) is 0 Å². The van der Waals surface area contributed by atoms with Gasteiger partial charge in [0.1, 0.15) is 5.91 Å². The molecule has 0 aliphatic rings. The van der Waals surface area contributed by atoms with Crippen molar-refractivity contribution in [3.8, 4) is 0 Å². The number of halogens is 1. The van der Waals surface area contributed by atoms with Crippen molar-refractivity contribution in [2.24, 2.45) is 0 Å². The number of allylic oxidation sites excluding steroid dienone is 2. The summed E-state index contributed by atoms with van der Waals surface area (Å²) >= 11 is 0. The molecule has 0 amide bonds. The monoisotopic (exact) mass is 134 g/mol. The highest BCUT2D eigenvalue weighted by atomic mass is 31.0. The van der Waals surface area contributed by atoms with Gasteiger partial charge in [0.15, 0.2) is 0 Å². The Hall–Kier alpha value is 0.100. The van der Waals surface area contributed by atoms with Gasteiger partial charge < -0.3 is 0 Å². The average Bonchev–Trinajstić information content (AvgIpc) is 1.65. The summed E-state index contributed by atoms with van der Waals surface area (Å²) in [7, 11) is 2.09. The normalized spacial score (nSPS) is 16.2. The molecule has 0 fully saturated rings. The lowest BCUT2D eigenvalue weighted by Gasteiger charge is -1.94. The Morgan fingerprint density at radius 2 is 2.38 bits per heavy atom. The summed E-state index contributed by atoms with van der Waals surface area (Å²) in [6, 6.07) is 0. The maximum absolute atomic E-state index is 12.0. The highest BCUT2D eigenvalue weighted by Gasteiger charge is 1.90. The van der Waals surface area contributed by atoms with Gasteiger partial charge in [0.25, 0.3) is 0 Å². The van der Waals surface area contributed by atoms with Crippen LogP contribution in [0.3, 0.4) is 0 Å². The third-order valence-electron chi connectivity index (χ3n) is 1.00. The maximum atomic E-state index is 12.0. The van der Waals surface area contributed by atoms with Crippen molar-refractivity contribution in [2.75, 3.05) is 0 Å². The Kier molecular flexibility index (Phi) is 4.08. The molecule has 8 heavy (non-hydrogen) atoms. The van der Waals surface area contributed by atoms with Crippen molar-refractivity contribution >= 4 is 9.24 Å². The van der Waals surface area contributed by atoms with Crippen molar-refractivity contribution in [1.82, 2.24) is 0 Å². The number of rotatable bonds is 2. The summed E-state index contributed by atoms with van der Waals surface area (Å²) in [5.74, 6) is -0.866. The molecule has 2 atom stereocenters.